The van der Waals surface area contributed by atoms with E-state index in [-0.39, 0.29) is 17.4 Å². The average Bonchev–Trinajstić information content (AvgIpc) is 3.34. The van der Waals surface area contributed by atoms with Crippen molar-refractivity contribution in [3.05, 3.63) is 0 Å². The topological polar surface area (TPSA) is 120 Å². The van der Waals surface area contributed by atoms with E-state index < -0.39 is 37.3 Å². The molecule has 0 spiro atoms. The normalized spacial score (nSPS) is 57.2. The molecule has 41 heavy (non-hydrogen) atoms. The number of ketones is 1. The summed E-state index contributed by atoms with van der Waals surface area (Å²) >= 11 is 0. The molecule has 3 saturated heterocycles. The zero-order valence-electron chi connectivity index (χ0n) is 25.2. The van der Waals surface area contributed by atoms with E-state index in [4.69, 9.17) is 9.47 Å². The number of hydrogen-bond acceptors (Lipinski definition) is 8. The fourth-order valence-electron chi connectivity index (χ4n) is 11.8. The number of carbonyl (C=O) groups is 1. The summed E-state index contributed by atoms with van der Waals surface area (Å²) < 4.78 is 11.8. The highest BCUT2D eigenvalue weighted by molar-refractivity contribution is 5.83. The van der Waals surface area contributed by atoms with Crippen molar-refractivity contribution in [3.8, 4) is 0 Å². The Morgan fingerprint density at radius 3 is 2.46 bits per heavy atom. The second-order valence-electron chi connectivity index (χ2n) is 15.8. The number of fused-ring (bicyclic) bond motifs is 8. The van der Waals surface area contributed by atoms with Gasteiger partial charge < -0.3 is 29.9 Å². The summed E-state index contributed by atoms with van der Waals surface area (Å²) in [6, 6.07) is 0.773. The molecule has 4 saturated carbocycles. The average molecular weight is 576 g/mol. The molecule has 7 aliphatic rings. The highest BCUT2D eigenvalue weighted by Crippen LogP contribution is 2.66. The summed E-state index contributed by atoms with van der Waals surface area (Å²) in [4.78, 5) is 16.7. The molecule has 3 heterocycles. The minimum Gasteiger partial charge on any atom is -0.394 e. The lowest BCUT2D eigenvalue weighted by Gasteiger charge is -2.56. The number of Topliss-reactive ketones (excluding diaryl/α,β-unsaturated/α-hetero) is 1. The fourth-order valence-corrected chi connectivity index (χ4v) is 11.8. The molecule has 8 heteroatoms. The molecule has 0 aromatic rings. The maximum Gasteiger partial charge on any atom is 0.186 e. The first-order chi connectivity index (χ1) is 19.6. The number of ether oxygens (including phenoxy) is 2. The van der Waals surface area contributed by atoms with Gasteiger partial charge in [0.25, 0.3) is 0 Å². The highest BCUT2D eigenvalue weighted by atomic mass is 16.7. The van der Waals surface area contributed by atoms with Crippen LogP contribution in [0.3, 0.4) is 0 Å². The third-order valence-corrected chi connectivity index (χ3v) is 13.9. The van der Waals surface area contributed by atoms with Gasteiger partial charge in [0.2, 0.25) is 0 Å². The number of nitrogens with zero attached hydrogens (tertiary/aromatic N) is 1. The monoisotopic (exact) mass is 575 g/mol. The second kappa shape index (κ2) is 10.8. The summed E-state index contributed by atoms with van der Waals surface area (Å²) in [7, 11) is 0. The van der Waals surface area contributed by atoms with Gasteiger partial charge in [0.1, 0.15) is 30.2 Å². The molecule has 4 N–H and O–H groups in total. The Morgan fingerprint density at radius 1 is 0.902 bits per heavy atom. The van der Waals surface area contributed by atoms with Crippen LogP contribution in [0.15, 0.2) is 0 Å². The molecular formula is C33H53NO7. The lowest BCUT2D eigenvalue weighted by molar-refractivity contribution is -0.315. The van der Waals surface area contributed by atoms with Crippen LogP contribution < -0.4 is 0 Å². The van der Waals surface area contributed by atoms with E-state index >= 15 is 0 Å². The minimum absolute atomic E-state index is 0.0233. The number of aliphatic hydroxyl groups is 4. The van der Waals surface area contributed by atoms with Gasteiger partial charge in [0.05, 0.1) is 12.7 Å². The molecule has 4 aliphatic carbocycles. The van der Waals surface area contributed by atoms with Crippen LogP contribution in [0.25, 0.3) is 0 Å². The maximum atomic E-state index is 13.9. The predicted molar refractivity (Wildman–Crippen MR) is 151 cm³/mol. The summed E-state index contributed by atoms with van der Waals surface area (Å²) in [6.07, 6.45) is 3.05. The molecule has 0 unspecified atom stereocenters. The molecule has 3 aliphatic heterocycles. The van der Waals surface area contributed by atoms with Gasteiger partial charge in [-0.2, -0.15) is 0 Å². The van der Waals surface area contributed by atoms with Gasteiger partial charge in [-0.05, 0) is 104 Å². The quantitative estimate of drug-likeness (QED) is 0.379. The van der Waals surface area contributed by atoms with E-state index in [2.05, 4.69) is 25.7 Å². The molecule has 0 radical (unpaired) electrons. The van der Waals surface area contributed by atoms with Crippen molar-refractivity contribution in [2.45, 2.75) is 121 Å². The van der Waals surface area contributed by atoms with Crippen molar-refractivity contribution in [1.82, 2.24) is 4.90 Å². The van der Waals surface area contributed by atoms with Crippen LogP contribution in [-0.2, 0) is 14.3 Å². The number of carbonyl (C=O) groups excluding carboxylic acids is 1. The second-order valence-corrected chi connectivity index (χ2v) is 15.8. The maximum absolute atomic E-state index is 13.9. The molecule has 232 valence electrons. The Morgan fingerprint density at radius 2 is 1.68 bits per heavy atom. The Labute approximate surface area is 245 Å². The van der Waals surface area contributed by atoms with E-state index in [9.17, 15) is 25.2 Å². The third kappa shape index (κ3) is 4.60. The SMILES string of the molecule is C[C@H]1CC[C@H]2[C@H](C)[C@H]3CC[C@@H]4[C@@H](C[C@H]5[C@H]4CC(=O)[C@H]4C[C@H](O[C@@H]6O[C@H](CO)[C@@H](O)[C@H](O)[C@H]6O)CC[C@@]45C)[C@@H]3CN2C1. The largest absolute Gasteiger partial charge is 0.394 e. The third-order valence-electron chi connectivity index (χ3n) is 13.9. The van der Waals surface area contributed by atoms with Crippen molar-refractivity contribution in [1.29, 1.82) is 0 Å². The number of piperidine rings is 2. The van der Waals surface area contributed by atoms with Crippen LogP contribution in [0.4, 0.5) is 0 Å². The molecular weight excluding hydrogens is 522 g/mol. The lowest BCUT2D eigenvalue weighted by atomic mass is 9.51. The summed E-state index contributed by atoms with van der Waals surface area (Å²) in [5.74, 6) is 6.08. The Hall–Kier alpha value is -0.610. The van der Waals surface area contributed by atoms with E-state index in [1.54, 1.807) is 0 Å². The molecule has 0 aromatic carbocycles. The molecule has 8 nitrogen and oxygen atoms in total. The van der Waals surface area contributed by atoms with Crippen LogP contribution in [0.2, 0.25) is 0 Å². The summed E-state index contributed by atoms with van der Waals surface area (Å²) in [6.45, 7) is 9.41. The lowest BCUT2D eigenvalue weighted by Crippen LogP contribution is -2.60. The molecule has 0 aromatic heterocycles. The summed E-state index contributed by atoms with van der Waals surface area (Å²) in [5, 5.41) is 40.4. The van der Waals surface area contributed by atoms with Gasteiger partial charge in [0.15, 0.2) is 6.29 Å². The van der Waals surface area contributed by atoms with Crippen LogP contribution in [-0.4, -0.2) is 93.7 Å². The number of hydrogen-bond donors (Lipinski definition) is 4. The van der Waals surface area contributed by atoms with Crippen LogP contribution in [0.1, 0.15) is 78.6 Å². The van der Waals surface area contributed by atoms with Crippen LogP contribution >= 0.6 is 0 Å². The van der Waals surface area contributed by atoms with Crippen molar-refractivity contribution in [2.75, 3.05) is 19.7 Å². The standard InChI is InChI=1S/C33H53NO7/c1-16-4-7-26-17(2)19-5-6-20-21(23(19)14-34(26)13-16)11-24-22(20)12-27(36)25-10-18(8-9-33(24,25)3)40-32-31(39)30(38)29(37)28(15-35)41-32/h16-26,28-32,35,37-39H,4-15H2,1-3H3/t16-,17+,18+,19+,20+,21+,22-,23+,24-,25+,26-,28+,29+,30-,31+,32+,33+/m0/s1. The first-order valence-corrected chi connectivity index (χ1v) is 16.8. The fraction of sp³-hybridized carbons (Fsp3) is 0.970. The Bertz CT molecular complexity index is 991. The van der Waals surface area contributed by atoms with Gasteiger partial charge in [-0.1, -0.05) is 20.8 Å². The zero-order valence-corrected chi connectivity index (χ0v) is 25.2. The van der Waals surface area contributed by atoms with Gasteiger partial charge in [-0.3, -0.25) is 9.69 Å². The van der Waals surface area contributed by atoms with Gasteiger partial charge in [-0.25, -0.2) is 0 Å². The molecule has 7 fully saturated rings. The molecule has 7 rings (SSSR count). The smallest absolute Gasteiger partial charge is 0.186 e. The van der Waals surface area contributed by atoms with Crippen molar-refractivity contribution < 1.29 is 34.7 Å². The molecule has 0 amide bonds. The van der Waals surface area contributed by atoms with Crippen LogP contribution in [0, 0.1) is 58.7 Å². The van der Waals surface area contributed by atoms with Crippen molar-refractivity contribution >= 4 is 5.78 Å². The van der Waals surface area contributed by atoms with Gasteiger partial charge in [0, 0.05) is 31.5 Å². The minimum atomic E-state index is -1.45. The first-order valence-electron chi connectivity index (χ1n) is 16.8. The van der Waals surface area contributed by atoms with Crippen LogP contribution in [0.5, 0.6) is 0 Å². The first kappa shape index (κ1) is 29.1. The van der Waals surface area contributed by atoms with E-state index in [0.717, 1.165) is 48.5 Å². The van der Waals surface area contributed by atoms with Crippen molar-refractivity contribution in [2.24, 2.45) is 58.7 Å². The predicted octanol–water partition coefficient (Wildman–Crippen LogP) is 2.60. The van der Waals surface area contributed by atoms with Gasteiger partial charge in [-0.15, -0.1) is 0 Å². The Balaban J connectivity index is 1.06. The van der Waals surface area contributed by atoms with Gasteiger partial charge >= 0.3 is 0 Å². The Kier molecular flexibility index (Phi) is 7.66. The summed E-state index contributed by atoms with van der Waals surface area (Å²) in [5.41, 5.74) is -0.0233. The van der Waals surface area contributed by atoms with E-state index in [1.165, 1.54) is 45.2 Å². The number of aliphatic hydroxyl groups excluding tert-OH is 4. The van der Waals surface area contributed by atoms with Crippen molar-refractivity contribution in [3.63, 3.8) is 0 Å². The molecule has 0 bridgehead atoms. The molecule has 17 atom stereocenters. The highest BCUT2D eigenvalue weighted by Gasteiger charge is 2.63. The zero-order chi connectivity index (χ0) is 28.8. The number of rotatable bonds is 3. The van der Waals surface area contributed by atoms with E-state index in [0.29, 0.717) is 36.4 Å². The van der Waals surface area contributed by atoms with E-state index in [1.807, 2.05) is 0 Å².